The van der Waals surface area contributed by atoms with Crippen molar-refractivity contribution >= 4 is 5.78 Å². The number of rotatable bonds is 6. The van der Waals surface area contributed by atoms with Crippen molar-refractivity contribution in [2.45, 2.75) is 44.8 Å². The molecule has 2 aliphatic rings. The molecule has 126 valence electrons. The third-order valence-corrected chi connectivity index (χ3v) is 5.65. The molecule has 4 nitrogen and oxygen atoms in total. The zero-order valence-corrected chi connectivity index (χ0v) is 13.9. The van der Waals surface area contributed by atoms with E-state index in [0.29, 0.717) is 13.0 Å². The number of ketones is 1. The van der Waals surface area contributed by atoms with Crippen LogP contribution in [0.1, 0.15) is 43.0 Å². The van der Waals surface area contributed by atoms with Crippen molar-refractivity contribution in [2.75, 3.05) is 26.2 Å². The fourth-order valence-electron chi connectivity index (χ4n) is 4.04. The number of piperidine rings is 1. The standard InChI is InChI=1S/C19H27NO3/c1-2-23-18-14-17(22)19(18)9-12-20(13-10-19)11-8-16(21)15-6-4-3-5-7-15/h3-7,17-18,22H,2,8-14H2,1H3. The van der Waals surface area contributed by atoms with Gasteiger partial charge in [-0.05, 0) is 32.9 Å². The van der Waals surface area contributed by atoms with E-state index in [2.05, 4.69) is 4.90 Å². The van der Waals surface area contributed by atoms with Crippen molar-refractivity contribution in [3.05, 3.63) is 35.9 Å². The van der Waals surface area contributed by atoms with Crippen LogP contribution in [0.25, 0.3) is 0 Å². The van der Waals surface area contributed by atoms with Crippen LogP contribution in [0.4, 0.5) is 0 Å². The third-order valence-electron chi connectivity index (χ3n) is 5.65. The lowest BCUT2D eigenvalue weighted by atomic mass is 9.58. The first-order valence-electron chi connectivity index (χ1n) is 8.76. The summed E-state index contributed by atoms with van der Waals surface area (Å²) in [7, 11) is 0. The molecule has 23 heavy (non-hydrogen) atoms. The van der Waals surface area contributed by atoms with Crippen LogP contribution in [0, 0.1) is 5.41 Å². The Kier molecular flexibility index (Phi) is 5.14. The van der Waals surface area contributed by atoms with E-state index < -0.39 is 0 Å². The van der Waals surface area contributed by atoms with Crippen LogP contribution in [0.15, 0.2) is 30.3 Å². The average molecular weight is 317 g/mol. The minimum Gasteiger partial charge on any atom is -0.392 e. The maximum absolute atomic E-state index is 12.2. The van der Waals surface area contributed by atoms with E-state index in [0.717, 1.165) is 44.5 Å². The molecule has 1 spiro atoms. The van der Waals surface area contributed by atoms with Gasteiger partial charge < -0.3 is 14.7 Å². The van der Waals surface area contributed by atoms with Gasteiger partial charge in [-0.3, -0.25) is 4.79 Å². The normalized spacial score (nSPS) is 26.9. The average Bonchev–Trinajstić information content (AvgIpc) is 2.60. The Morgan fingerprint density at radius 1 is 1.30 bits per heavy atom. The summed E-state index contributed by atoms with van der Waals surface area (Å²) in [4.78, 5) is 14.5. The number of ether oxygens (including phenoxy) is 1. The van der Waals surface area contributed by atoms with Crippen LogP contribution in [-0.4, -0.2) is 54.2 Å². The molecule has 0 aromatic heterocycles. The maximum Gasteiger partial charge on any atom is 0.164 e. The number of Topliss-reactive ketones (excluding diaryl/α,β-unsaturated/α-hetero) is 1. The molecule has 1 aromatic carbocycles. The molecule has 3 rings (SSSR count). The van der Waals surface area contributed by atoms with Crippen LogP contribution >= 0.6 is 0 Å². The minimum absolute atomic E-state index is 0.0318. The van der Waals surface area contributed by atoms with Crippen LogP contribution in [0.2, 0.25) is 0 Å². The number of nitrogens with zero attached hydrogens (tertiary/aromatic N) is 1. The predicted molar refractivity (Wildman–Crippen MR) is 89.5 cm³/mol. The molecular weight excluding hydrogens is 290 g/mol. The van der Waals surface area contributed by atoms with E-state index in [-0.39, 0.29) is 23.4 Å². The van der Waals surface area contributed by atoms with Gasteiger partial charge in [-0.1, -0.05) is 30.3 Å². The van der Waals surface area contributed by atoms with Crippen molar-refractivity contribution in [3.63, 3.8) is 0 Å². The molecule has 1 aromatic rings. The first kappa shape index (κ1) is 16.6. The van der Waals surface area contributed by atoms with Crippen LogP contribution in [0.5, 0.6) is 0 Å². The number of hydrogen-bond acceptors (Lipinski definition) is 4. The Balaban J connectivity index is 1.47. The van der Waals surface area contributed by atoms with E-state index in [1.807, 2.05) is 37.3 Å². The maximum atomic E-state index is 12.2. The predicted octanol–water partition coefficient (Wildman–Crippen LogP) is 2.51. The smallest absolute Gasteiger partial charge is 0.164 e. The molecular formula is C19H27NO3. The summed E-state index contributed by atoms with van der Waals surface area (Å²) in [5, 5.41) is 10.2. The molecule has 1 aliphatic heterocycles. The van der Waals surface area contributed by atoms with Crippen molar-refractivity contribution < 1.29 is 14.6 Å². The van der Waals surface area contributed by atoms with E-state index in [1.165, 1.54) is 0 Å². The number of hydrogen-bond donors (Lipinski definition) is 1. The molecule has 0 radical (unpaired) electrons. The van der Waals surface area contributed by atoms with Gasteiger partial charge in [0.05, 0.1) is 12.2 Å². The van der Waals surface area contributed by atoms with Gasteiger partial charge in [0.15, 0.2) is 5.78 Å². The number of carbonyl (C=O) groups is 1. The fourth-order valence-corrected chi connectivity index (χ4v) is 4.04. The summed E-state index contributed by atoms with van der Waals surface area (Å²) in [5.41, 5.74) is 0.766. The van der Waals surface area contributed by atoms with E-state index in [1.54, 1.807) is 0 Å². The second kappa shape index (κ2) is 7.12. The van der Waals surface area contributed by atoms with Gasteiger partial charge in [0, 0.05) is 37.0 Å². The van der Waals surface area contributed by atoms with Crippen LogP contribution < -0.4 is 0 Å². The van der Waals surface area contributed by atoms with Gasteiger partial charge in [0.2, 0.25) is 0 Å². The summed E-state index contributed by atoms with van der Waals surface area (Å²) in [6, 6.07) is 9.50. The topological polar surface area (TPSA) is 49.8 Å². The number of aliphatic hydroxyl groups is 1. The highest BCUT2D eigenvalue weighted by Gasteiger charge is 2.55. The molecule has 2 atom stereocenters. The molecule has 1 saturated heterocycles. The lowest BCUT2D eigenvalue weighted by Crippen LogP contribution is -2.62. The third kappa shape index (κ3) is 3.35. The molecule has 2 unspecified atom stereocenters. The zero-order valence-electron chi connectivity index (χ0n) is 13.9. The zero-order chi connectivity index (χ0) is 16.3. The van der Waals surface area contributed by atoms with Gasteiger partial charge in [-0.2, -0.15) is 0 Å². The molecule has 1 aliphatic carbocycles. The van der Waals surface area contributed by atoms with Crippen LogP contribution in [0.3, 0.4) is 0 Å². The Morgan fingerprint density at radius 3 is 2.61 bits per heavy atom. The first-order chi connectivity index (χ1) is 11.2. The molecule has 4 heteroatoms. The second-order valence-corrected chi connectivity index (χ2v) is 6.81. The highest BCUT2D eigenvalue weighted by molar-refractivity contribution is 5.96. The van der Waals surface area contributed by atoms with Gasteiger partial charge in [0.1, 0.15) is 0 Å². The molecule has 2 fully saturated rings. The van der Waals surface area contributed by atoms with E-state index in [4.69, 9.17) is 4.74 Å². The molecule has 1 N–H and O–H groups in total. The first-order valence-corrected chi connectivity index (χ1v) is 8.76. The van der Waals surface area contributed by atoms with Gasteiger partial charge in [-0.25, -0.2) is 0 Å². The Bertz CT molecular complexity index is 521. The van der Waals surface area contributed by atoms with Crippen molar-refractivity contribution in [1.82, 2.24) is 4.90 Å². The van der Waals surface area contributed by atoms with E-state index in [9.17, 15) is 9.90 Å². The second-order valence-electron chi connectivity index (χ2n) is 6.81. The summed E-state index contributed by atoms with van der Waals surface area (Å²) in [6.45, 7) is 5.43. The highest BCUT2D eigenvalue weighted by Crippen LogP contribution is 2.50. The van der Waals surface area contributed by atoms with Gasteiger partial charge in [-0.15, -0.1) is 0 Å². The molecule has 0 amide bonds. The number of likely N-dealkylation sites (tertiary alicyclic amines) is 1. The lowest BCUT2D eigenvalue weighted by Gasteiger charge is -2.56. The quantitative estimate of drug-likeness (QED) is 0.819. The minimum atomic E-state index is -0.216. The Hall–Kier alpha value is -1.23. The number of aliphatic hydroxyl groups excluding tert-OH is 1. The Morgan fingerprint density at radius 2 is 2.00 bits per heavy atom. The van der Waals surface area contributed by atoms with Crippen molar-refractivity contribution in [1.29, 1.82) is 0 Å². The van der Waals surface area contributed by atoms with Gasteiger partial charge >= 0.3 is 0 Å². The molecule has 0 bridgehead atoms. The monoisotopic (exact) mass is 317 g/mol. The number of carbonyl (C=O) groups excluding carboxylic acids is 1. The Labute approximate surface area is 138 Å². The van der Waals surface area contributed by atoms with Crippen molar-refractivity contribution in [3.8, 4) is 0 Å². The van der Waals surface area contributed by atoms with E-state index >= 15 is 0 Å². The fraction of sp³-hybridized carbons (Fsp3) is 0.632. The summed E-state index contributed by atoms with van der Waals surface area (Å²) in [5.74, 6) is 0.210. The summed E-state index contributed by atoms with van der Waals surface area (Å²) < 4.78 is 5.80. The molecule has 1 saturated carbocycles. The lowest BCUT2D eigenvalue weighted by molar-refractivity contribution is -0.209. The summed E-state index contributed by atoms with van der Waals surface area (Å²) >= 11 is 0. The van der Waals surface area contributed by atoms with Crippen LogP contribution in [-0.2, 0) is 4.74 Å². The molecule has 1 heterocycles. The largest absolute Gasteiger partial charge is 0.392 e. The number of benzene rings is 1. The highest BCUT2D eigenvalue weighted by atomic mass is 16.5. The SMILES string of the molecule is CCOC1CC(O)C12CCN(CCC(=O)c1ccccc1)CC2. The van der Waals surface area contributed by atoms with Gasteiger partial charge in [0.25, 0.3) is 0 Å². The summed E-state index contributed by atoms with van der Waals surface area (Å²) in [6.07, 6.45) is 3.29. The van der Waals surface area contributed by atoms with Crippen molar-refractivity contribution in [2.24, 2.45) is 5.41 Å².